The quantitative estimate of drug-likeness (QED) is 0.0633. The van der Waals surface area contributed by atoms with Crippen molar-refractivity contribution >= 4 is 53.2 Å². The zero-order valence-corrected chi connectivity index (χ0v) is 33.4. The summed E-state index contributed by atoms with van der Waals surface area (Å²) in [6.45, 7) is 3.52. The first-order valence-corrected chi connectivity index (χ1v) is 19.7. The Labute approximate surface area is 343 Å². The molecule has 0 bridgehead atoms. The molecule has 0 spiro atoms. The molecule has 320 valence electrons. The molecule has 1 aliphatic heterocycles. The summed E-state index contributed by atoms with van der Waals surface area (Å²) in [5.41, 5.74) is 12.3. The van der Waals surface area contributed by atoms with Gasteiger partial charge in [0, 0.05) is 32.2 Å². The van der Waals surface area contributed by atoms with Gasteiger partial charge in [0.05, 0.1) is 13.0 Å². The van der Waals surface area contributed by atoms with E-state index in [4.69, 9.17) is 11.5 Å². The molecule has 8 amide bonds. The molecule has 18 nitrogen and oxygen atoms in total. The van der Waals surface area contributed by atoms with Gasteiger partial charge in [0.25, 0.3) is 0 Å². The van der Waals surface area contributed by atoms with Crippen LogP contribution >= 0.6 is 0 Å². The van der Waals surface area contributed by atoms with Gasteiger partial charge in [0.2, 0.25) is 47.3 Å². The lowest BCUT2D eigenvalue weighted by Gasteiger charge is -2.33. The molecule has 1 saturated heterocycles. The average Bonchev–Trinajstić information content (AvgIpc) is 3.19. The van der Waals surface area contributed by atoms with E-state index in [1.54, 1.807) is 61.5 Å². The molecular formula is C41H56N8O10. The highest BCUT2D eigenvalue weighted by atomic mass is 16.4. The number of primary amides is 2. The number of aliphatic carboxylic acids is 1. The van der Waals surface area contributed by atoms with Gasteiger partial charge in [-0.25, -0.2) is 4.79 Å². The number of benzene rings is 2. The maximum Gasteiger partial charge on any atom is 0.326 e. The van der Waals surface area contributed by atoms with Gasteiger partial charge in [-0.05, 0) is 42.7 Å². The Morgan fingerprint density at radius 3 is 1.85 bits per heavy atom. The number of unbranched alkanes of at least 4 members (excludes halogenated alkanes) is 1. The lowest BCUT2D eigenvalue weighted by atomic mass is 9.97. The Morgan fingerprint density at radius 2 is 1.31 bits per heavy atom. The maximum atomic E-state index is 13.3. The summed E-state index contributed by atoms with van der Waals surface area (Å²) in [6.07, 6.45) is 1.22. The topological polar surface area (TPSA) is 289 Å². The number of carboxylic acid groups (broad SMARTS) is 1. The second-order valence-corrected chi connectivity index (χ2v) is 14.7. The van der Waals surface area contributed by atoms with Crippen LogP contribution in [-0.2, 0) is 56.0 Å². The van der Waals surface area contributed by atoms with Crippen LogP contribution in [0.25, 0.3) is 0 Å². The number of carboxylic acids is 1. The van der Waals surface area contributed by atoms with Crippen LogP contribution in [-0.4, -0.2) is 107 Å². The molecule has 0 radical (unpaired) electrons. The van der Waals surface area contributed by atoms with Crippen molar-refractivity contribution in [3.05, 3.63) is 71.8 Å². The van der Waals surface area contributed by atoms with E-state index in [1.807, 2.05) is 13.0 Å². The third-order valence-corrected chi connectivity index (χ3v) is 9.97. The number of hydrogen-bond donors (Lipinski definition) is 8. The minimum Gasteiger partial charge on any atom is -0.480 e. The van der Waals surface area contributed by atoms with Crippen molar-refractivity contribution in [2.24, 2.45) is 17.4 Å². The molecule has 59 heavy (non-hydrogen) atoms. The zero-order valence-electron chi connectivity index (χ0n) is 33.4. The Bertz CT molecular complexity index is 1790. The highest BCUT2D eigenvalue weighted by molar-refractivity contribution is 5.95. The Morgan fingerprint density at radius 1 is 0.746 bits per heavy atom. The first-order valence-electron chi connectivity index (χ1n) is 19.7. The van der Waals surface area contributed by atoms with Crippen LogP contribution in [0.2, 0.25) is 0 Å². The molecule has 0 unspecified atom stereocenters. The second kappa shape index (κ2) is 23.8. The summed E-state index contributed by atoms with van der Waals surface area (Å²) in [5, 5.41) is 22.5. The first kappa shape index (κ1) is 47.0. The molecule has 3 rings (SSSR count). The van der Waals surface area contributed by atoms with Gasteiger partial charge < -0.3 is 48.1 Å². The predicted octanol–water partition coefficient (Wildman–Crippen LogP) is -0.430. The van der Waals surface area contributed by atoms with Gasteiger partial charge in [-0.1, -0.05) is 80.9 Å². The number of rotatable bonds is 24. The summed E-state index contributed by atoms with van der Waals surface area (Å²) < 4.78 is 0. The molecule has 2 aromatic rings. The van der Waals surface area contributed by atoms with Crippen LogP contribution in [0.4, 0.5) is 0 Å². The SMILES string of the molecule is CC[C@H](C)[C@H](NC(=O)CN1CCC[C@@H](NC(=O)CCCCC(=O)N[C@@H](CC(N)=O)C(=O)N[C@@H](Cc2ccccc2)C(=O)O)C1=O)C(=O)N[C@@H](Cc1ccccc1)C(N)=O. The van der Waals surface area contributed by atoms with E-state index in [0.717, 1.165) is 5.56 Å². The van der Waals surface area contributed by atoms with Crippen molar-refractivity contribution in [1.82, 2.24) is 31.5 Å². The summed E-state index contributed by atoms with van der Waals surface area (Å²) in [6, 6.07) is 12.0. The molecule has 0 aliphatic carbocycles. The largest absolute Gasteiger partial charge is 0.480 e. The van der Waals surface area contributed by atoms with Crippen molar-refractivity contribution in [2.75, 3.05) is 13.1 Å². The number of nitrogens with two attached hydrogens (primary N) is 2. The van der Waals surface area contributed by atoms with Gasteiger partial charge in [0.1, 0.15) is 30.2 Å². The van der Waals surface area contributed by atoms with Crippen molar-refractivity contribution in [3.8, 4) is 0 Å². The molecule has 1 fully saturated rings. The maximum absolute atomic E-state index is 13.3. The van der Waals surface area contributed by atoms with Crippen LogP contribution in [0.5, 0.6) is 0 Å². The third-order valence-electron chi connectivity index (χ3n) is 9.97. The van der Waals surface area contributed by atoms with Gasteiger partial charge in [-0.2, -0.15) is 0 Å². The van der Waals surface area contributed by atoms with E-state index >= 15 is 0 Å². The van der Waals surface area contributed by atoms with E-state index in [-0.39, 0.29) is 57.5 Å². The molecule has 6 atom stereocenters. The fourth-order valence-electron chi connectivity index (χ4n) is 6.50. The highest BCUT2D eigenvalue weighted by Crippen LogP contribution is 2.14. The van der Waals surface area contributed by atoms with Gasteiger partial charge >= 0.3 is 5.97 Å². The smallest absolute Gasteiger partial charge is 0.326 e. The number of carbonyl (C=O) groups excluding carboxylic acids is 8. The van der Waals surface area contributed by atoms with Crippen LogP contribution < -0.4 is 38.1 Å². The summed E-state index contributed by atoms with van der Waals surface area (Å²) in [5.74, 6) is -6.84. The van der Waals surface area contributed by atoms with E-state index in [2.05, 4.69) is 26.6 Å². The van der Waals surface area contributed by atoms with E-state index in [9.17, 15) is 48.3 Å². The van der Waals surface area contributed by atoms with E-state index in [1.165, 1.54) is 4.90 Å². The zero-order chi connectivity index (χ0) is 43.5. The summed E-state index contributed by atoms with van der Waals surface area (Å²) in [7, 11) is 0. The minimum absolute atomic E-state index is 0.0305. The highest BCUT2D eigenvalue weighted by Gasteiger charge is 2.34. The van der Waals surface area contributed by atoms with E-state index in [0.29, 0.717) is 24.8 Å². The number of nitrogens with zero attached hydrogens (tertiary/aromatic N) is 1. The summed E-state index contributed by atoms with van der Waals surface area (Å²) in [4.78, 5) is 115. The van der Waals surface area contributed by atoms with Crippen molar-refractivity contribution in [2.45, 2.75) is 108 Å². The minimum atomic E-state index is -1.42. The summed E-state index contributed by atoms with van der Waals surface area (Å²) >= 11 is 0. The lowest BCUT2D eigenvalue weighted by Crippen LogP contribution is -2.58. The number of amides is 8. The Hall–Kier alpha value is -6.33. The number of piperidine rings is 1. The van der Waals surface area contributed by atoms with Gasteiger partial charge in [-0.15, -0.1) is 0 Å². The first-order chi connectivity index (χ1) is 28.1. The molecule has 1 heterocycles. The van der Waals surface area contributed by atoms with Crippen LogP contribution in [0.3, 0.4) is 0 Å². The third kappa shape index (κ3) is 16.2. The van der Waals surface area contributed by atoms with Crippen molar-refractivity contribution in [1.29, 1.82) is 0 Å². The fraction of sp³-hybridized carbons (Fsp3) is 0.488. The number of nitrogens with one attached hydrogen (secondary N) is 5. The fourth-order valence-corrected chi connectivity index (χ4v) is 6.50. The van der Waals surface area contributed by atoms with Crippen LogP contribution in [0, 0.1) is 5.92 Å². The monoisotopic (exact) mass is 820 g/mol. The Kier molecular flexibility index (Phi) is 19.0. The van der Waals surface area contributed by atoms with E-state index < -0.39 is 89.9 Å². The Balaban J connectivity index is 1.46. The molecule has 0 saturated carbocycles. The lowest BCUT2D eigenvalue weighted by molar-refractivity contribution is -0.142. The molecule has 1 aliphatic rings. The standard InChI is InChI=1S/C41H56N8O10/c1-3-25(2)36(39(56)46-29(37(43)54)21-26-13-6-4-7-14-26)48-35(53)24-49-20-12-17-28(40(49)57)44-33(51)18-10-11-19-34(52)45-30(23-32(42)50)38(55)47-31(41(58)59)22-27-15-8-5-9-16-27/h4-9,13-16,25,28-31,36H,3,10-12,17-24H2,1-2H3,(H2,42,50)(H2,43,54)(H,44,51)(H,45,52)(H,46,56)(H,47,55)(H,48,53)(H,58,59)/t25-,28+,29-,30-,31-,36-/m0/s1. The molecule has 10 N–H and O–H groups in total. The molecule has 0 aromatic heterocycles. The molecular weight excluding hydrogens is 764 g/mol. The average molecular weight is 821 g/mol. The van der Waals surface area contributed by atoms with Crippen LogP contribution in [0.1, 0.15) is 76.3 Å². The van der Waals surface area contributed by atoms with Crippen molar-refractivity contribution in [3.63, 3.8) is 0 Å². The van der Waals surface area contributed by atoms with Gasteiger partial charge in [-0.3, -0.25) is 38.4 Å². The predicted molar refractivity (Wildman–Crippen MR) is 214 cm³/mol. The normalized spacial score (nSPS) is 16.3. The van der Waals surface area contributed by atoms with Crippen molar-refractivity contribution < 1.29 is 48.3 Å². The second-order valence-electron chi connectivity index (χ2n) is 14.7. The van der Waals surface area contributed by atoms with Gasteiger partial charge in [0.15, 0.2) is 0 Å². The number of carbonyl (C=O) groups is 9. The number of hydrogen-bond acceptors (Lipinski definition) is 9. The molecule has 2 aromatic carbocycles. The molecule has 18 heteroatoms. The van der Waals surface area contributed by atoms with Crippen LogP contribution in [0.15, 0.2) is 60.7 Å². The number of likely N-dealkylation sites (tertiary alicyclic amines) is 1.